The van der Waals surface area contributed by atoms with Gasteiger partial charge in [-0.1, -0.05) is 29.8 Å². The maximum absolute atomic E-state index is 12.7. The van der Waals surface area contributed by atoms with E-state index in [9.17, 15) is 9.59 Å². The molecule has 0 N–H and O–H groups in total. The van der Waals surface area contributed by atoms with Crippen LogP contribution in [0.15, 0.2) is 42.5 Å². The van der Waals surface area contributed by atoms with E-state index in [1.54, 1.807) is 17.0 Å². The van der Waals surface area contributed by atoms with Crippen LogP contribution in [0, 0.1) is 0 Å². The van der Waals surface area contributed by atoms with Gasteiger partial charge in [-0.3, -0.25) is 4.79 Å². The van der Waals surface area contributed by atoms with Crippen LogP contribution in [0.25, 0.3) is 21.5 Å². The number of halogens is 1. The molecule has 1 aromatic carbocycles. The fourth-order valence-corrected chi connectivity index (χ4v) is 3.80. The van der Waals surface area contributed by atoms with Crippen LogP contribution < -0.4 is 0 Å². The number of para-hydroxylation sites is 1. The van der Waals surface area contributed by atoms with Crippen molar-refractivity contribution in [1.29, 1.82) is 0 Å². The number of pyridine rings is 1. The molecule has 1 amide bonds. The first kappa shape index (κ1) is 19.3. The molecule has 0 spiro atoms. The highest BCUT2D eigenvalue weighted by atomic mass is 35.5. The van der Waals surface area contributed by atoms with E-state index < -0.39 is 5.97 Å². The molecule has 0 saturated heterocycles. The summed E-state index contributed by atoms with van der Waals surface area (Å²) in [6, 6.07) is 12.7. The number of fused-ring (bicyclic) bond motifs is 1. The number of nitrogens with zero attached hydrogens (tertiary/aromatic N) is 2. The summed E-state index contributed by atoms with van der Waals surface area (Å²) in [5, 5.41) is 0.684. The van der Waals surface area contributed by atoms with Crippen molar-refractivity contribution in [2.45, 2.75) is 13.8 Å². The highest BCUT2D eigenvalue weighted by Crippen LogP contribution is 2.32. The van der Waals surface area contributed by atoms with E-state index in [0.717, 1.165) is 4.88 Å². The van der Waals surface area contributed by atoms with Gasteiger partial charge in [0.2, 0.25) is 0 Å². The van der Waals surface area contributed by atoms with Crippen molar-refractivity contribution in [3.05, 3.63) is 52.4 Å². The Bertz CT molecular complexity index is 982. The molecule has 0 atom stereocenters. The van der Waals surface area contributed by atoms with Gasteiger partial charge in [0.15, 0.2) is 6.61 Å². The van der Waals surface area contributed by atoms with Gasteiger partial charge in [-0.25, -0.2) is 9.78 Å². The van der Waals surface area contributed by atoms with E-state index in [1.165, 1.54) is 11.3 Å². The number of thiophene rings is 1. The first-order chi connectivity index (χ1) is 13.0. The minimum Gasteiger partial charge on any atom is -0.452 e. The van der Waals surface area contributed by atoms with E-state index in [1.807, 2.05) is 44.2 Å². The van der Waals surface area contributed by atoms with Crippen LogP contribution in [0.3, 0.4) is 0 Å². The molecule has 0 aliphatic heterocycles. The number of aromatic nitrogens is 1. The van der Waals surface area contributed by atoms with Gasteiger partial charge in [-0.15, -0.1) is 11.3 Å². The Balaban J connectivity index is 1.92. The first-order valence-corrected chi connectivity index (χ1v) is 9.83. The van der Waals surface area contributed by atoms with Crippen LogP contribution in [-0.4, -0.2) is 41.5 Å². The predicted molar refractivity (Wildman–Crippen MR) is 108 cm³/mol. The smallest absolute Gasteiger partial charge is 0.339 e. The van der Waals surface area contributed by atoms with Crippen molar-refractivity contribution in [3.63, 3.8) is 0 Å². The first-order valence-electron chi connectivity index (χ1n) is 8.63. The van der Waals surface area contributed by atoms with Crippen molar-refractivity contribution in [2.24, 2.45) is 0 Å². The van der Waals surface area contributed by atoms with Gasteiger partial charge in [0.25, 0.3) is 5.91 Å². The molecule has 0 aliphatic rings. The summed E-state index contributed by atoms with van der Waals surface area (Å²) in [4.78, 5) is 31.9. The van der Waals surface area contributed by atoms with Crippen molar-refractivity contribution >= 4 is 45.7 Å². The highest BCUT2D eigenvalue weighted by molar-refractivity contribution is 7.19. The molecule has 3 aromatic rings. The summed E-state index contributed by atoms with van der Waals surface area (Å²) in [6.07, 6.45) is 0. The fraction of sp³-hybridized carbons (Fsp3) is 0.250. The quantitative estimate of drug-likeness (QED) is 0.563. The second-order valence-electron chi connectivity index (χ2n) is 5.82. The number of likely N-dealkylation sites (N-methyl/N-ethyl adjacent to an activating group) is 1. The van der Waals surface area contributed by atoms with Gasteiger partial charge in [0.1, 0.15) is 0 Å². The lowest BCUT2D eigenvalue weighted by Gasteiger charge is -2.18. The number of hydrogen-bond acceptors (Lipinski definition) is 5. The maximum Gasteiger partial charge on any atom is 0.339 e. The average Bonchev–Trinajstić information content (AvgIpc) is 3.12. The van der Waals surface area contributed by atoms with E-state index in [-0.39, 0.29) is 12.5 Å². The zero-order chi connectivity index (χ0) is 19.4. The van der Waals surface area contributed by atoms with Crippen LogP contribution in [-0.2, 0) is 9.53 Å². The molecule has 7 heteroatoms. The molecule has 140 valence electrons. The lowest BCUT2D eigenvalue weighted by Crippen LogP contribution is -2.34. The number of carbonyl (C=O) groups is 2. The van der Waals surface area contributed by atoms with Crippen LogP contribution >= 0.6 is 22.9 Å². The van der Waals surface area contributed by atoms with Gasteiger partial charge in [0.05, 0.1) is 26.0 Å². The number of esters is 1. The molecular weight excluding hydrogens is 384 g/mol. The molecule has 0 aliphatic carbocycles. The second-order valence-corrected chi connectivity index (χ2v) is 7.53. The predicted octanol–water partition coefficient (Wildman–Crippen LogP) is 4.64. The molecule has 0 bridgehead atoms. The molecule has 3 rings (SSSR count). The lowest BCUT2D eigenvalue weighted by molar-refractivity contribution is -0.134. The zero-order valence-corrected chi connectivity index (χ0v) is 16.6. The Morgan fingerprint density at radius 2 is 1.89 bits per heavy atom. The Hall–Kier alpha value is -2.44. The van der Waals surface area contributed by atoms with Gasteiger partial charge in [-0.05, 0) is 38.1 Å². The SMILES string of the molecule is CCN(CC)C(=O)COC(=O)c1cc(-c2ccc(Cl)s2)nc2ccccc12. The van der Waals surface area contributed by atoms with Gasteiger partial charge in [-0.2, -0.15) is 0 Å². The summed E-state index contributed by atoms with van der Waals surface area (Å²) in [6.45, 7) is 4.65. The number of carbonyl (C=O) groups excluding carboxylic acids is 2. The molecular formula is C20H19ClN2O3S. The van der Waals surface area contributed by atoms with Crippen LogP contribution in [0.1, 0.15) is 24.2 Å². The van der Waals surface area contributed by atoms with Gasteiger partial charge >= 0.3 is 5.97 Å². The Morgan fingerprint density at radius 3 is 2.56 bits per heavy atom. The molecule has 5 nitrogen and oxygen atoms in total. The molecule has 0 fully saturated rings. The Morgan fingerprint density at radius 1 is 1.15 bits per heavy atom. The molecule has 0 radical (unpaired) electrons. The number of hydrogen-bond donors (Lipinski definition) is 0. The second kappa shape index (κ2) is 8.50. The number of benzene rings is 1. The zero-order valence-electron chi connectivity index (χ0n) is 15.1. The van der Waals surface area contributed by atoms with Crippen LogP contribution in [0.4, 0.5) is 0 Å². The largest absolute Gasteiger partial charge is 0.452 e. The lowest BCUT2D eigenvalue weighted by atomic mass is 10.1. The van der Waals surface area contributed by atoms with Crippen molar-refractivity contribution in [3.8, 4) is 10.6 Å². The normalized spacial score (nSPS) is 10.8. The summed E-state index contributed by atoms with van der Waals surface area (Å²) in [7, 11) is 0. The van der Waals surface area contributed by atoms with Crippen molar-refractivity contribution in [1.82, 2.24) is 9.88 Å². The summed E-state index contributed by atoms with van der Waals surface area (Å²) < 4.78 is 5.95. The molecule has 2 aromatic heterocycles. The Kier molecular flexibility index (Phi) is 6.08. The maximum atomic E-state index is 12.7. The number of ether oxygens (including phenoxy) is 1. The van der Waals surface area contributed by atoms with Gasteiger partial charge in [0, 0.05) is 18.5 Å². The van der Waals surface area contributed by atoms with E-state index in [2.05, 4.69) is 4.98 Å². The fourth-order valence-electron chi connectivity index (χ4n) is 2.80. The third kappa shape index (κ3) is 4.28. The standard InChI is InChI=1S/C20H19ClN2O3S/c1-3-23(4-2)19(24)12-26-20(25)14-11-16(17-9-10-18(21)27-17)22-15-8-6-5-7-13(14)15/h5-11H,3-4,12H2,1-2H3. The summed E-state index contributed by atoms with van der Waals surface area (Å²) >= 11 is 7.42. The van der Waals surface area contributed by atoms with E-state index in [0.29, 0.717) is 39.6 Å². The summed E-state index contributed by atoms with van der Waals surface area (Å²) in [5.41, 5.74) is 1.71. The highest BCUT2D eigenvalue weighted by Gasteiger charge is 2.18. The Labute approximate surface area is 166 Å². The number of amides is 1. The summed E-state index contributed by atoms with van der Waals surface area (Å²) in [5.74, 6) is -0.755. The topological polar surface area (TPSA) is 59.5 Å². The van der Waals surface area contributed by atoms with Crippen molar-refractivity contribution in [2.75, 3.05) is 19.7 Å². The third-order valence-electron chi connectivity index (χ3n) is 4.20. The molecule has 27 heavy (non-hydrogen) atoms. The minimum absolute atomic E-state index is 0.211. The van der Waals surface area contributed by atoms with Crippen LogP contribution in [0.5, 0.6) is 0 Å². The van der Waals surface area contributed by atoms with E-state index in [4.69, 9.17) is 16.3 Å². The van der Waals surface area contributed by atoms with Crippen molar-refractivity contribution < 1.29 is 14.3 Å². The molecule has 0 saturated carbocycles. The van der Waals surface area contributed by atoms with Crippen LogP contribution in [0.2, 0.25) is 4.34 Å². The van der Waals surface area contributed by atoms with E-state index >= 15 is 0 Å². The molecule has 2 heterocycles. The average molecular weight is 403 g/mol. The number of rotatable bonds is 6. The van der Waals surface area contributed by atoms with Gasteiger partial charge < -0.3 is 9.64 Å². The third-order valence-corrected chi connectivity index (χ3v) is 5.46. The molecule has 0 unspecified atom stereocenters. The monoisotopic (exact) mass is 402 g/mol. The minimum atomic E-state index is -0.544.